The second kappa shape index (κ2) is 4.32. The normalized spacial score (nSPS) is 22.8. The zero-order valence-corrected chi connectivity index (χ0v) is 10.9. The lowest BCUT2D eigenvalue weighted by atomic mass is 9.76. The number of hydrogen-bond acceptors (Lipinski definition) is 3. The van der Waals surface area contributed by atoms with E-state index in [9.17, 15) is 0 Å². The van der Waals surface area contributed by atoms with E-state index in [2.05, 4.69) is 18.1 Å². The van der Waals surface area contributed by atoms with Gasteiger partial charge in [-0.1, -0.05) is 35.8 Å². The molecule has 0 amide bonds. The monoisotopic (exact) mass is 262 g/mol. The van der Waals surface area contributed by atoms with Gasteiger partial charge in [0, 0.05) is 17.0 Å². The topological polar surface area (TPSA) is 52.0 Å². The molecule has 3 rings (SSSR count). The van der Waals surface area contributed by atoms with Gasteiger partial charge in [-0.05, 0) is 36.0 Å². The van der Waals surface area contributed by atoms with E-state index in [4.69, 9.17) is 21.9 Å². The highest BCUT2D eigenvalue weighted by Gasteiger charge is 2.30. The van der Waals surface area contributed by atoms with Gasteiger partial charge >= 0.3 is 0 Å². The van der Waals surface area contributed by atoms with Gasteiger partial charge in [-0.3, -0.25) is 0 Å². The number of halogens is 1. The first-order valence-corrected chi connectivity index (χ1v) is 6.51. The summed E-state index contributed by atoms with van der Waals surface area (Å²) in [6, 6.07) is 8.06. The molecular weight excluding hydrogens is 248 g/mol. The minimum absolute atomic E-state index is 0.431. The molecule has 0 fully saturated rings. The van der Waals surface area contributed by atoms with Crippen LogP contribution in [0, 0.1) is 5.92 Å². The molecule has 0 radical (unpaired) electrons. The van der Waals surface area contributed by atoms with Crippen LogP contribution in [0.3, 0.4) is 0 Å². The number of fused-ring (bicyclic) bond motifs is 1. The number of anilines is 1. The van der Waals surface area contributed by atoms with Gasteiger partial charge in [0.1, 0.15) is 0 Å². The molecule has 1 aliphatic rings. The molecule has 2 N–H and O–H groups in total. The van der Waals surface area contributed by atoms with Gasteiger partial charge < -0.3 is 10.3 Å². The van der Waals surface area contributed by atoms with Gasteiger partial charge in [0.05, 0.1) is 5.69 Å². The van der Waals surface area contributed by atoms with E-state index in [1.54, 1.807) is 0 Å². The molecule has 2 aromatic rings. The Morgan fingerprint density at radius 3 is 3.00 bits per heavy atom. The Morgan fingerprint density at radius 1 is 1.39 bits per heavy atom. The summed E-state index contributed by atoms with van der Waals surface area (Å²) in [5.41, 5.74) is 9.13. The molecule has 3 nitrogen and oxygen atoms in total. The average molecular weight is 263 g/mol. The van der Waals surface area contributed by atoms with Crippen LogP contribution in [0.1, 0.15) is 29.7 Å². The summed E-state index contributed by atoms with van der Waals surface area (Å²) in [6.45, 7) is 2.24. The highest BCUT2D eigenvalue weighted by molar-refractivity contribution is 6.30. The smallest absolute Gasteiger partial charge is 0.225 e. The van der Waals surface area contributed by atoms with E-state index in [1.165, 1.54) is 5.56 Å². The number of rotatable bonds is 1. The van der Waals surface area contributed by atoms with Gasteiger partial charge in [-0.15, -0.1) is 0 Å². The number of nitrogens with zero attached hydrogens (tertiary/aromatic N) is 1. The molecule has 0 spiro atoms. The summed E-state index contributed by atoms with van der Waals surface area (Å²) in [6.07, 6.45) is 1.79. The summed E-state index contributed by atoms with van der Waals surface area (Å²) in [5, 5.41) is 4.84. The number of aromatic nitrogens is 1. The predicted molar refractivity (Wildman–Crippen MR) is 71.7 cm³/mol. The molecule has 0 saturated heterocycles. The second-order valence-electron chi connectivity index (χ2n) is 5.02. The summed E-state index contributed by atoms with van der Waals surface area (Å²) < 4.78 is 5.08. The van der Waals surface area contributed by atoms with E-state index >= 15 is 0 Å². The van der Waals surface area contributed by atoms with Gasteiger partial charge in [-0.25, -0.2) is 0 Å². The minimum atomic E-state index is 0.431. The zero-order valence-electron chi connectivity index (χ0n) is 10.2. The number of hydrogen-bond donors (Lipinski definition) is 1. The van der Waals surface area contributed by atoms with Crippen LogP contribution in [-0.2, 0) is 12.8 Å². The number of benzene rings is 1. The van der Waals surface area contributed by atoms with Crippen molar-refractivity contribution in [2.24, 2.45) is 5.92 Å². The lowest BCUT2D eigenvalue weighted by molar-refractivity contribution is 0.404. The van der Waals surface area contributed by atoms with Crippen molar-refractivity contribution in [2.45, 2.75) is 25.7 Å². The molecule has 0 aliphatic heterocycles. The standard InChI is InChI=1S/C14H15ClN2O/c1-8-5-12-13(17-18-14(12)16)7-11(8)9-3-2-4-10(15)6-9/h2-4,6,8,11H,5,7,16H2,1H3. The van der Waals surface area contributed by atoms with Crippen molar-refractivity contribution < 1.29 is 4.52 Å². The van der Waals surface area contributed by atoms with E-state index in [0.717, 1.165) is 29.1 Å². The minimum Gasteiger partial charge on any atom is -0.367 e. The van der Waals surface area contributed by atoms with E-state index < -0.39 is 0 Å². The third kappa shape index (κ3) is 1.89. The van der Waals surface area contributed by atoms with E-state index in [1.807, 2.05) is 18.2 Å². The molecule has 1 aromatic heterocycles. The summed E-state index contributed by atoms with van der Waals surface area (Å²) >= 11 is 6.06. The lowest BCUT2D eigenvalue weighted by Crippen LogP contribution is -2.21. The van der Waals surface area contributed by atoms with Gasteiger partial charge in [0.25, 0.3) is 0 Å². The van der Waals surface area contributed by atoms with Crippen molar-refractivity contribution >= 4 is 17.5 Å². The van der Waals surface area contributed by atoms with Crippen molar-refractivity contribution in [1.29, 1.82) is 0 Å². The third-order valence-electron chi connectivity index (χ3n) is 3.80. The molecular formula is C14H15ClN2O. The first kappa shape index (κ1) is 11.6. The van der Waals surface area contributed by atoms with E-state index in [-0.39, 0.29) is 0 Å². The Hall–Kier alpha value is -1.48. The van der Waals surface area contributed by atoms with Crippen LogP contribution in [0.4, 0.5) is 5.88 Å². The summed E-state index contributed by atoms with van der Waals surface area (Å²) in [5.74, 6) is 1.42. The van der Waals surface area contributed by atoms with Crippen molar-refractivity contribution in [1.82, 2.24) is 5.16 Å². The predicted octanol–water partition coefficient (Wildman–Crippen LogP) is 3.43. The molecule has 0 bridgehead atoms. The highest BCUT2D eigenvalue weighted by atomic mass is 35.5. The Balaban J connectivity index is 1.96. The second-order valence-corrected chi connectivity index (χ2v) is 5.46. The lowest BCUT2D eigenvalue weighted by Gasteiger charge is -2.28. The fourth-order valence-electron chi connectivity index (χ4n) is 2.79. The van der Waals surface area contributed by atoms with E-state index in [0.29, 0.717) is 17.7 Å². The maximum Gasteiger partial charge on any atom is 0.225 e. The fraction of sp³-hybridized carbons (Fsp3) is 0.357. The van der Waals surface area contributed by atoms with Gasteiger partial charge in [0.2, 0.25) is 5.88 Å². The Morgan fingerprint density at radius 2 is 2.22 bits per heavy atom. The number of nitrogen functional groups attached to an aromatic ring is 1. The number of nitrogens with two attached hydrogens (primary N) is 1. The largest absolute Gasteiger partial charge is 0.367 e. The van der Waals surface area contributed by atoms with Crippen LogP contribution in [0.2, 0.25) is 5.02 Å². The molecule has 4 heteroatoms. The van der Waals surface area contributed by atoms with Crippen LogP contribution >= 0.6 is 11.6 Å². The molecule has 2 unspecified atom stereocenters. The fourth-order valence-corrected chi connectivity index (χ4v) is 2.99. The van der Waals surface area contributed by atoms with Crippen molar-refractivity contribution in [2.75, 3.05) is 5.73 Å². The molecule has 1 aliphatic carbocycles. The molecule has 2 atom stereocenters. The maximum absolute atomic E-state index is 6.06. The SMILES string of the molecule is CC1Cc2c(noc2N)CC1c1cccc(Cl)c1. The molecule has 1 aromatic carbocycles. The summed E-state index contributed by atoms with van der Waals surface area (Å²) in [4.78, 5) is 0. The van der Waals surface area contributed by atoms with Crippen LogP contribution in [0.25, 0.3) is 0 Å². The molecule has 1 heterocycles. The highest BCUT2D eigenvalue weighted by Crippen LogP contribution is 2.38. The molecule has 18 heavy (non-hydrogen) atoms. The zero-order chi connectivity index (χ0) is 12.7. The molecule has 0 saturated carbocycles. The van der Waals surface area contributed by atoms with Crippen LogP contribution in [-0.4, -0.2) is 5.16 Å². The van der Waals surface area contributed by atoms with Gasteiger partial charge in [0.15, 0.2) is 0 Å². The Bertz CT molecular complexity index is 579. The van der Waals surface area contributed by atoms with Crippen LogP contribution in [0.5, 0.6) is 0 Å². The molecule has 94 valence electrons. The van der Waals surface area contributed by atoms with Crippen molar-refractivity contribution in [3.05, 3.63) is 46.1 Å². The maximum atomic E-state index is 6.06. The first-order chi connectivity index (χ1) is 8.65. The third-order valence-corrected chi connectivity index (χ3v) is 4.04. The van der Waals surface area contributed by atoms with Gasteiger partial charge in [-0.2, -0.15) is 0 Å². The average Bonchev–Trinajstić information content (AvgIpc) is 2.70. The first-order valence-electron chi connectivity index (χ1n) is 6.13. The summed E-state index contributed by atoms with van der Waals surface area (Å²) in [7, 11) is 0. The van der Waals surface area contributed by atoms with Crippen molar-refractivity contribution in [3.8, 4) is 0 Å². The Kier molecular flexibility index (Phi) is 2.78. The quantitative estimate of drug-likeness (QED) is 0.857. The van der Waals surface area contributed by atoms with Crippen molar-refractivity contribution in [3.63, 3.8) is 0 Å². The van der Waals surface area contributed by atoms with Crippen LogP contribution in [0.15, 0.2) is 28.8 Å². The van der Waals surface area contributed by atoms with Crippen LogP contribution < -0.4 is 5.73 Å². The Labute approximate surface area is 111 Å².